The number of hydrogen-bond acceptors (Lipinski definition) is 50. The Balaban J connectivity index is 0.00000328. The SMILES string of the molecule is C=O.C=O.CCO[Si](C)(C)C.C[SiH]1O[Si](C)(O)O[Si](C)(O[Si](C)(O)O)O[Si](C)(O[Si](C)(O)O[Si]2(C)O[Si](C)(O[Si](C)(O)O)O[Si](C)(O[Si](O)(O)O)O[Si](C)(O[Si](C)(O)O[Si](O)(O[Si](C)(O)O)O[Si]3(C)O[Si](C)(O)O[Si](C)(O)O[Si](C)(O[Si](C)(O)O)O3)O2)O1.C[Si]1(O)O[Si](C)(O)O[Si](C)(O)O[Si](C)(O)O1. The lowest BCUT2D eigenvalue weighted by molar-refractivity contribution is -0.0987. The average molecular weight is 1960 g/mol. The summed E-state index contributed by atoms with van der Waals surface area (Å²) in [5.74, 6) is 0. The molecule has 622 valence electrons. The first-order chi connectivity index (χ1) is 45.1. The third kappa shape index (κ3) is 43.7. The van der Waals surface area contributed by atoms with Crippen molar-refractivity contribution in [2.24, 2.45) is 0 Å². The van der Waals surface area contributed by atoms with E-state index in [1.165, 1.54) is 45.8 Å². The van der Waals surface area contributed by atoms with Gasteiger partial charge in [-0.25, -0.2) is 0 Å². The number of hydrogen-bond donors (Lipinski definition) is 21. The highest BCUT2D eigenvalue weighted by Crippen LogP contribution is 2.40. The van der Waals surface area contributed by atoms with Crippen LogP contribution in [0.5, 0.6) is 0 Å². The van der Waals surface area contributed by atoms with E-state index in [1.54, 1.807) is 0 Å². The second-order valence-corrected chi connectivity index (χ2v) is 92.4. The fourth-order valence-electron chi connectivity index (χ4n) is 9.69. The average Bonchev–Trinajstić information content (AvgIpc) is 0.745. The zero-order chi connectivity index (χ0) is 83.4. The molecule has 4 heterocycles. The van der Waals surface area contributed by atoms with Crippen molar-refractivity contribution < 1.29 is 222 Å². The van der Waals surface area contributed by atoms with Gasteiger partial charge in [0.15, 0.2) is 8.32 Å². The van der Waals surface area contributed by atoms with Crippen molar-refractivity contribution in [3.8, 4) is 0 Å². The van der Waals surface area contributed by atoms with Gasteiger partial charge in [0.1, 0.15) is 13.6 Å². The maximum atomic E-state index is 12.2. The normalized spacial score (nSPS) is 40.8. The van der Waals surface area contributed by atoms with E-state index < -0.39 is 221 Å². The zero-order valence-corrected chi connectivity index (χ0v) is 87.1. The van der Waals surface area contributed by atoms with Gasteiger partial charge in [-0.1, -0.05) is 0 Å². The molecule has 50 nitrogen and oxygen atoms in total. The van der Waals surface area contributed by atoms with Crippen molar-refractivity contribution >= 4 is 234 Å². The molecule has 104 heavy (non-hydrogen) atoms. The molecule has 4 aliphatic heterocycles. The molecule has 0 saturated carbocycles. The van der Waals surface area contributed by atoms with Crippen LogP contribution in [0.25, 0.3) is 0 Å². The van der Waals surface area contributed by atoms with Gasteiger partial charge in [0.2, 0.25) is 0 Å². The molecule has 0 aromatic rings. The van der Waals surface area contributed by atoms with Gasteiger partial charge < -0.3 is 222 Å². The molecule has 0 aliphatic carbocycles. The molecule has 0 radical (unpaired) electrons. The second-order valence-electron chi connectivity index (χ2n) is 25.6. The molecule has 0 bridgehead atoms. The summed E-state index contributed by atoms with van der Waals surface area (Å²) < 4.78 is 152. The predicted octanol–water partition coefficient (Wildman–Crippen LogP) is -8.55. The van der Waals surface area contributed by atoms with Crippen molar-refractivity contribution in [2.45, 2.75) is 171 Å². The summed E-state index contributed by atoms with van der Waals surface area (Å²) in [6.45, 7) is 35.5. The third-order valence-corrected chi connectivity index (χ3v) is 87.6. The fourth-order valence-corrected chi connectivity index (χ4v) is 98.7. The fraction of sp³-hybridized carbons (Fsp3) is 0.931. The largest absolute Gasteiger partial charge is 0.663 e. The van der Waals surface area contributed by atoms with E-state index in [2.05, 4.69) is 19.6 Å². The van der Waals surface area contributed by atoms with Crippen molar-refractivity contribution in [3.05, 3.63) is 0 Å². The Bertz CT molecular complexity index is 2630. The van der Waals surface area contributed by atoms with E-state index in [-0.39, 0.29) is 0 Å². The molecule has 4 saturated heterocycles. The molecule has 4 rings (SSSR count). The quantitative estimate of drug-likeness (QED) is 0.0448. The number of carbonyl (C=O) groups excluding carboxylic acids is 2. The van der Waals surface area contributed by atoms with Gasteiger partial charge >= 0.3 is 212 Å². The maximum absolute atomic E-state index is 12.2. The van der Waals surface area contributed by atoms with E-state index in [0.29, 0.717) is 13.1 Å². The van der Waals surface area contributed by atoms with Crippen LogP contribution >= 0.6 is 0 Å². The summed E-state index contributed by atoms with van der Waals surface area (Å²) in [6.07, 6.45) is 0. The lowest BCUT2D eigenvalue weighted by Crippen LogP contribution is -2.76. The molecular weight excluding hydrogens is 1850 g/mol. The Morgan fingerprint density at radius 3 is 0.808 bits per heavy atom. The van der Waals surface area contributed by atoms with Crippen LogP contribution in [0, 0.1) is 0 Å². The molecule has 15 unspecified atom stereocenters. The smallest absolute Gasteiger partial charge is 0.418 e. The van der Waals surface area contributed by atoms with Crippen molar-refractivity contribution in [2.75, 3.05) is 6.61 Å². The highest BCUT2D eigenvalue weighted by atomic mass is 28.6. The first-order valence-corrected chi connectivity index (χ1v) is 86.0. The Kier molecular flexibility index (Phi) is 37.8. The lowest BCUT2D eigenvalue weighted by atomic mass is 10.9. The molecule has 0 amide bonds. The molecule has 21 N–H and O–H groups in total. The zero-order valence-electron chi connectivity index (χ0n) is 61.9. The Morgan fingerprint density at radius 2 is 0.538 bits per heavy atom. The van der Waals surface area contributed by atoms with Gasteiger partial charge in [-0.15, -0.1) is 0 Å². The van der Waals surface area contributed by atoms with E-state index in [1.807, 2.05) is 20.5 Å². The van der Waals surface area contributed by atoms with Gasteiger partial charge in [0.05, 0.1) is 0 Å². The van der Waals surface area contributed by atoms with E-state index in [0.717, 1.165) is 91.7 Å². The minimum atomic E-state index is -6.21. The minimum Gasteiger partial charge on any atom is -0.418 e. The molecule has 4 fully saturated rings. The highest BCUT2D eigenvalue weighted by Gasteiger charge is 2.73. The van der Waals surface area contributed by atoms with Gasteiger partial charge in [-0.3, -0.25) is 0 Å². The summed E-state index contributed by atoms with van der Waals surface area (Å²) in [5.41, 5.74) is 0. The van der Waals surface area contributed by atoms with Crippen LogP contribution in [0.4, 0.5) is 0 Å². The number of carbonyl (C=O) groups is 2. The van der Waals surface area contributed by atoms with Gasteiger partial charge in [-0.2, -0.15) is 0 Å². The van der Waals surface area contributed by atoms with Crippen molar-refractivity contribution in [3.63, 3.8) is 0 Å². The monoisotopic (exact) mass is 1950 g/mol. The molecular formula is C29H106O50Si25. The van der Waals surface area contributed by atoms with E-state index in [4.69, 9.17) is 121 Å². The van der Waals surface area contributed by atoms with Crippen molar-refractivity contribution in [1.29, 1.82) is 0 Å². The van der Waals surface area contributed by atoms with Crippen LogP contribution in [0.1, 0.15) is 6.92 Å². The summed E-state index contributed by atoms with van der Waals surface area (Å²) in [7, 11) is -115. The molecule has 0 spiro atoms. The molecule has 75 heteroatoms. The molecule has 0 aromatic carbocycles. The first-order valence-electron chi connectivity index (χ1n) is 29.7. The van der Waals surface area contributed by atoms with Gasteiger partial charge in [-0.05, 0) is 33.1 Å². The van der Waals surface area contributed by atoms with Crippen LogP contribution in [0.2, 0.25) is 164 Å². The summed E-state index contributed by atoms with van der Waals surface area (Å²) in [5, 5.41) is 0. The summed E-state index contributed by atoms with van der Waals surface area (Å²) in [4.78, 5) is 239. The van der Waals surface area contributed by atoms with Gasteiger partial charge in [0.25, 0.3) is 0 Å². The molecule has 15 atom stereocenters. The highest BCUT2D eigenvalue weighted by molar-refractivity contribution is 6.97. The predicted molar refractivity (Wildman–Crippen MR) is 393 cm³/mol. The molecule has 4 aliphatic rings. The Labute approximate surface area is 628 Å². The minimum absolute atomic E-state index is 0.643. The van der Waals surface area contributed by atoms with E-state index in [9.17, 15) is 101 Å². The van der Waals surface area contributed by atoms with Crippen LogP contribution < -0.4 is 0 Å². The number of rotatable bonds is 22. The van der Waals surface area contributed by atoms with Gasteiger partial charge in [0, 0.05) is 144 Å². The Morgan fingerprint density at radius 1 is 0.298 bits per heavy atom. The van der Waals surface area contributed by atoms with Crippen LogP contribution in [0.15, 0.2) is 0 Å². The topological polar surface area (TPSA) is 708 Å². The lowest BCUT2D eigenvalue weighted by Gasteiger charge is -2.49. The summed E-state index contributed by atoms with van der Waals surface area (Å²) in [6, 6.07) is 0. The first kappa shape index (κ1) is 107. The second kappa shape index (κ2) is 36.8. The van der Waals surface area contributed by atoms with Crippen LogP contribution in [0.3, 0.4) is 0 Å². The third-order valence-electron chi connectivity index (χ3n) is 10.1. The van der Waals surface area contributed by atoms with Crippen LogP contribution in [-0.2, 0) is 121 Å². The molecule has 0 aromatic heterocycles. The van der Waals surface area contributed by atoms with Crippen molar-refractivity contribution in [1.82, 2.24) is 0 Å². The van der Waals surface area contributed by atoms with E-state index >= 15 is 0 Å². The maximum Gasteiger partial charge on any atom is 0.663 e. The summed E-state index contributed by atoms with van der Waals surface area (Å²) >= 11 is 0. The Hall–Kier alpha value is 2.84. The van der Waals surface area contributed by atoms with Crippen LogP contribution in [-0.4, -0.2) is 341 Å². The standard InChI is InChI=1S/C18H72O39Si20.C5H14OSi.C4H16O8Si4.2CH2O/c1-58-36-63(6,27)43-69(12,38-59(2,19)20)50-68(11,37-58)44-66(9,30)47-72(15)52-71(14,40-61(4,23)24)53-75(18,56-76(32,33)34)55-73(16,54-72)48-67(10,31)49-77(35,41-62(5,25)26)57-74(17)46-65(8,29)42-64(7,28)45-70(13,51-74)39-60(3,21)22;1-5-6-7(2,3)4;1-13(5)9-14(2,6)11-16(4,8)12-15(3,7)10-13;2*1-2/h19-35,58H,1-18H3;5H2,1-4H3;5-8H,1-4H3;2*1H2.